The first-order valence-corrected chi connectivity index (χ1v) is 9.40. The summed E-state index contributed by atoms with van der Waals surface area (Å²) in [5.41, 5.74) is 2.23. The molecule has 6 heteroatoms. The number of fused-ring (bicyclic) bond motifs is 1. The van der Waals surface area contributed by atoms with Crippen molar-refractivity contribution in [3.8, 4) is 0 Å². The van der Waals surface area contributed by atoms with Crippen molar-refractivity contribution in [2.45, 2.75) is 0 Å². The second kappa shape index (κ2) is 8.20. The summed E-state index contributed by atoms with van der Waals surface area (Å²) in [4.78, 5) is 25.3. The van der Waals surface area contributed by atoms with Gasteiger partial charge < -0.3 is 15.1 Å². The fourth-order valence-corrected chi connectivity index (χ4v) is 3.12. The van der Waals surface area contributed by atoms with Crippen LogP contribution in [0.3, 0.4) is 0 Å². The smallest absolute Gasteiger partial charge is 0.293 e. The van der Waals surface area contributed by atoms with Crippen LogP contribution in [-0.2, 0) is 0 Å². The molecule has 0 aliphatic heterocycles. The quantitative estimate of drug-likeness (QED) is 0.408. The lowest BCUT2D eigenvalue weighted by Gasteiger charge is -2.08. The normalized spacial score (nSPS) is 10.7. The number of nitrogens with one attached hydrogen (secondary N) is 2. The highest BCUT2D eigenvalue weighted by Gasteiger charge is 2.21. The highest BCUT2D eigenvalue weighted by Crippen LogP contribution is 2.31. The van der Waals surface area contributed by atoms with Gasteiger partial charge in [0, 0.05) is 21.7 Å². The Morgan fingerprint density at radius 2 is 1.55 bits per heavy atom. The van der Waals surface area contributed by atoms with E-state index in [0.29, 0.717) is 27.5 Å². The summed E-state index contributed by atoms with van der Waals surface area (Å²) < 4.78 is 5.78. The molecule has 4 rings (SSSR count). The van der Waals surface area contributed by atoms with E-state index in [1.54, 1.807) is 42.5 Å². The maximum atomic E-state index is 12.8. The van der Waals surface area contributed by atoms with Gasteiger partial charge in [-0.2, -0.15) is 0 Å². The van der Waals surface area contributed by atoms with Gasteiger partial charge in [0.15, 0.2) is 5.78 Å². The molecule has 2 N–H and O–H groups in total. The monoisotopic (exact) mass is 404 g/mol. The Labute approximate surface area is 172 Å². The van der Waals surface area contributed by atoms with Crippen LogP contribution < -0.4 is 10.6 Å². The molecule has 4 aromatic rings. The molecule has 5 nitrogen and oxygen atoms in total. The summed E-state index contributed by atoms with van der Waals surface area (Å²) in [7, 11) is 0. The molecule has 1 aromatic heterocycles. The van der Waals surface area contributed by atoms with E-state index in [4.69, 9.17) is 16.0 Å². The predicted octanol–water partition coefficient (Wildman–Crippen LogP) is 5.63. The molecule has 29 heavy (non-hydrogen) atoms. The van der Waals surface area contributed by atoms with Crippen molar-refractivity contribution < 1.29 is 14.0 Å². The largest absolute Gasteiger partial charge is 0.449 e. The lowest BCUT2D eigenvalue weighted by atomic mass is 10.1. The fourth-order valence-electron chi connectivity index (χ4n) is 3.00. The molecule has 1 heterocycles. The Morgan fingerprint density at radius 1 is 0.862 bits per heavy atom. The van der Waals surface area contributed by atoms with Gasteiger partial charge in [-0.3, -0.25) is 9.59 Å². The van der Waals surface area contributed by atoms with Crippen molar-refractivity contribution >= 4 is 45.6 Å². The van der Waals surface area contributed by atoms with Gasteiger partial charge in [-0.1, -0.05) is 41.9 Å². The van der Waals surface area contributed by atoms with E-state index in [1.165, 1.54) is 0 Å². The molecule has 0 radical (unpaired) electrons. The van der Waals surface area contributed by atoms with Crippen LogP contribution in [0.1, 0.15) is 20.9 Å². The number of furan rings is 1. The highest BCUT2D eigenvalue weighted by molar-refractivity contribution is 6.30. The zero-order valence-corrected chi connectivity index (χ0v) is 16.1. The van der Waals surface area contributed by atoms with Crippen molar-refractivity contribution in [3.05, 3.63) is 95.2 Å². The number of rotatable bonds is 6. The van der Waals surface area contributed by atoms with Crippen LogP contribution in [0.5, 0.6) is 0 Å². The van der Waals surface area contributed by atoms with Crippen LogP contribution in [0.15, 0.2) is 83.3 Å². The minimum Gasteiger partial charge on any atom is -0.449 e. The molecule has 3 aromatic carbocycles. The average molecular weight is 405 g/mol. The Kier molecular flexibility index (Phi) is 5.31. The number of benzene rings is 3. The third kappa shape index (κ3) is 4.15. The van der Waals surface area contributed by atoms with E-state index in [0.717, 1.165) is 5.39 Å². The molecule has 0 spiro atoms. The van der Waals surface area contributed by atoms with E-state index in [-0.39, 0.29) is 18.1 Å². The summed E-state index contributed by atoms with van der Waals surface area (Å²) >= 11 is 5.88. The second-order valence-electron chi connectivity index (χ2n) is 6.41. The molecule has 0 saturated carbocycles. The van der Waals surface area contributed by atoms with Crippen LogP contribution in [0.2, 0.25) is 5.02 Å². The standard InChI is InChI=1S/C23H17ClN2O3/c24-16-12-10-15(11-13-16)19(27)14-25-21-18-8-4-5-9-20(18)29-22(21)23(28)26-17-6-2-1-3-7-17/h1-13,25H,14H2,(H,26,28). The molecule has 0 fully saturated rings. The lowest BCUT2D eigenvalue weighted by molar-refractivity contribution is 0.0991. The average Bonchev–Trinajstić information content (AvgIpc) is 3.12. The third-order valence-electron chi connectivity index (χ3n) is 4.43. The Balaban J connectivity index is 1.60. The van der Waals surface area contributed by atoms with E-state index in [2.05, 4.69) is 10.6 Å². The van der Waals surface area contributed by atoms with Crippen molar-refractivity contribution in [2.24, 2.45) is 0 Å². The number of halogens is 1. The Hall–Kier alpha value is -3.57. The van der Waals surface area contributed by atoms with Gasteiger partial charge >= 0.3 is 0 Å². The third-order valence-corrected chi connectivity index (χ3v) is 4.68. The highest BCUT2D eigenvalue weighted by atomic mass is 35.5. The summed E-state index contributed by atoms with van der Waals surface area (Å²) in [6, 6.07) is 23.1. The zero-order valence-electron chi connectivity index (χ0n) is 15.3. The fraction of sp³-hybridized carbons (Fsp3) is 0.0435. The number of carbonyl (C=O) groups is 2. The van der Waals surface area contributed by atoms with E-state index in [9.17, 15) is 9.59 Å². The zero-order chi connectivity index (χ0) is 20.2. The Morgan fingerprint density at radius 3 is 2.31 bits per heavy atom. The molecule has 0 unspecified atom stereocenters. The summed E-state index contributed by atoms with van der Waals surface area (Å²) in [6.07, 6.45) is 0. The molecular weight excluding hydrogens is 388 g/mol. The summed E-state index contributed by atoms with van der Waals surface area (Å²) in [6.45, 7) is 0.0107. The van der Waals surface area contributed by atoms with Gasteiger partial charge in [0.05, 0.1) is 12.2 Å². The number of Topliss-reactive ketones (excluding diaryl/α,β-unsaturated/α-hetero) is 1. The van der Waals surface area contributed by atoms with Gasteiger partial charge in [-0.25, -0.2) is 0 Å². The van der Waals surface area contributed by atoms with E-state index in [1.807, 2.05) is 36.4 Å². The number of amides is 1. The van der Waals surface area contributed by atoms with Crippen molar-refractivity contribution in [2.75, 3.05) is 17.2 Å². The first-order chi connectivity index (χ1) is 14.1. The minimum absolute atomic E-state index is 0.0107. The van der Waals surface area contributed by atoms with Crippen LogP contribution in [0, 0.1) is 0 Å². The van der Waals surface area contributed by atoms with E-state index < -0.39 is 5.91 Å². The number of anilines is 2. The van der Waals surface area contributed by atoms with Crippen molar-refractivity contribution in [1.29, 1.82) is 0 Å². The number of carbonyl (C=O) groups excluding carboxylic acids is 2. The molecule has 144 valence electrons. The number of para-hydroxylation sites is 2. The molecule has 0 atom stereocenters. The second-order valence-corrected chi connectivity index (χ2v) is 6.84. The molecule has 0 aliphatic rings. The SMILES string of the molecule is O=C(CNc1c(C(=O)Nc2ccccc2)oc2ccccc12)c1ccc(Cl)cc1. The maximum Gasteiger partial charge on any atom is 0.293 e. The molecule has 1 amide bonds. The first-order valence-electron chi connectivity index (χ1n) is 9.02. The number of ketones is 1. The summed E-state index contributed by atoms with van der Waals surface area (Å²) in [5.74, 6) is -0.394. The van der Waals surface area contributed by atoms with Crippen molar-refractivity contribution in [3.63, 3.8) is 0 Å². The van der Waals surface area contributed by atoms with Gasteiger partial charge in [-0.05, 0) is 48.5 Å². The van der Waals surface area contributed by atoms with Gasteiger partial charge in [-0.15, -0.1) is 0 Å². The van der Waals surface area contributed by atoms with Crippen LogP contribution >= 0.6 is 11.6 Å². The molecular formula is C23H17ClN2O3. The first kappa shape index (κ1) is 18.8. The number of hydrogen-bond acceptors (Lipinski definition) is 4. The lowest BCUT2D eigenvalue weighted by Crippen LogP contribution is -2.17. The van der Waals surface area contributed by atoms with Crippen LogP contribution in [-0.4, -0.2) is 18.2 Å². The molecule has 0 bridgehead atoms. The number of hydrogen-bond donors (Lipinski definition) is 2. The van der Waals surface area contributed by atoms with Crippen molar-refractivity contribution in [1.82, 2.24) is 0 Å². The topological polar surface area (TPSA) is 71.3 Å². The predicted molar refractivity (Wildman–Crippen MR) is 115 cm³/mol. The molecule has 0 saturated heterocycles. The van der Waals surface area contributed by atoms with Gasteiger partial charge in [0.1, 0.15) is 5.58 Å². The minimum atomic E-state index is -0.395. The Bertz CT molecular complexity index is 1170. The van der Waals surface area contributed by atoms with Gasteiger partial charge in [0.25, 0.3) is 5.91 Å². The summed E-state index contributed by atoms with van der Waals surface area (Å²) in [5, 5.41) is 7.19. The van der Waals surface area contributed by atoms with E-state index >= 15 is 0 Å². The van der Waals surface area contributed by atoms with Gasteiger partial charge in [0.2, 0.25) is 5.76 Å². The van der Waals surface area contributed by atoms with Crippen LogP contribution in [0.4, 0.5) is 11.4 Å². The maximum absolute atomic E-state index is 12.8. The van der Waals surface area contributed by atoms with Crippen LogP contribution in [0.25, 0.3) is 11.0 Å². The molecule has 0 aliphatic carbocycles.